The molecule has 0 bridgehead atoms. The Hall–Kier alpha value is -0.660. The highest BCUT2D eigenvalue weighted by Crippen LogP contribution is 2.16. The first kappa shape index (κ1) is 16.3. The van der Waals surface area contributed by atoms with Crippen molar-refractivity contribution in [2.75, 3.05) is 12.3 Å². The van der Waals surface area contributed by atoms with Crippen LogP contribution in [0.1, 0.15) is 33.6 Å². The molecule has 0 aliphatic carbocycles. The van der Waals surface area contributed by atoms with E-state index in [2.05, 4.69) is 4.72 Å². The third kappa shape index (κ3) is 5.99. The van der Waals surface area contributed by atoms with Gasteiger partial charge in [-0.15, -0.1) is 0 Å². The van der Waals surface area contributed by atoms with E-state index in [1.807, 2.05) is 13.8 Å². The molecule has 1 unspecified atom stereocenters. The van der Waals surface area contributed by atoms with Crippen LogP contribution in [0, 0.1) is 5.92 Å². The maximum Gasteiger partial charge on any atom is 0.303 e. The van der Waals surface area contributed by atoms with Gasteiger partial charge in [0.1, 0.15) is 0 Å². The average molecular weight is 266 g/mol. The molecule has 0 rings (SSSR count). The first-order valence-electron chi connectivity index (χ1n) is 5.56. The summed E-state index contributed by atoms with van der Waals surface area (Å²) in [7, 11) is -3.49. The van der Waals surface area contributed by atoms with E-state index in [-0.39, 0.29) is 31.1 Å². The Kier molecular flexibility index (Phi) is 6.08. The molecule has 6 nitrogen and oxygen atoms in total. The molecule has 17 heavy (non-hydrogen) atoms. The Labute approximate surface area is 103 Å². The molecule has 0 aromatic carbocycles. The van der Waals surface area contributed by atoms with Crippen LogP contribution in [0.4, 0.5) is 0 Å². The van der Waals surface area contributed by atoms with E-state index in [0.29, 0.717) is 0 Å². The molecule has 0 aliphatic rings. The van der Waals surface area contributed by atoms with E-state index < -0.39 is 21.5 Å². The summed E-state index contributed by atoms with van der Waals surface area (Å²) in [5.41, 5.74) is 4.88. The van der Waals surface area contributed by atoms with Crippen LogP contribution >= 0.6 is 0 Å². The molecule has 0 spiro atoms. The van der Waals surface area contributed by atoms with E-state index in [1.54, 1.807) is 6.92 Å². The molecule has 102 valence electrons. The Bertz CT molecular complexity index is 353. The summed E-state index contributed by atoms with van der Waals surface area (Å²) >= 11 is 0. The number of carbonyl (C=O) groups is 1. The third-order valence-corrected chi connectivity index (χ3v) is 4.49. The van der Waals surface area contributed by atoms with E-state index >= 15 is 0 Å². The molecule has 7 heteroatoms. The predicted molar refractivity (Wildman–Crippen MR) is 66.1 cm³/mol. The zero-order valence-corrected chi connectivity index (χ0v) is 11.4. The van der Waals surface area contributed by atoms with Crippen LogP contribution in [0.25, 0.3) is 0 Å². The van der Waals surface area contributed by atoms with Gasteiger partial charge < -0.3 is 10.8 Å². The molecule has 0 radical (unpaired) electrons. The average Bonchev–Trinajstić information content (AvgIpc) is 2.15. The zero-order valence-electron chi connectivity index (χ0n) is 10.6. The molecule has 0 aromatic rings. The lowest BCUT2D eigenvalue weighted by atomic mass is 9.90. The van der Waals surface area contributed by atoms with Crippen molar-refractivity contribution in [3.05, 3.63) is 0 Å². The van der Waals surface area contributed by atoms with Crippen LogP contribution in [0.15, 0.2) is 0 Å². The van der Waals surface area contributed by atoms with Gasteiger partial charge in [-0.1, -0.05) is 13.8 Å². The maximum atomic E-state index is 11.7. The number of nitrogens with one attached hydrogen (secondary N) is 1. The van der Waals surface area contributed by atoms with Crippen molar-refractivity contribution < 1.29 is 18.3 Å². The van der Waals surface area contributed by atoms with Crippen molar-refractivity contribution in [3.8, 4) is 0 Å². The quantitative estimate of drug-likeness (QED) is 0.579. The highest BCUT2D eigenvalue weighted by molar-refractivity contribution is 7.89. The van der Waals surface area contributed by atoms with Crippen LogP contribution in [0.5, 0.6) is 0 Å². The molecule has 0 aliphatic heterocycles. The fourth-order valence-corrected chi connectivity index (χ4v) is 2.87. The van der Waals surface area contributed by atoms with Crippen LogP contribution in [-0.2, 0) is 14.8 Å². The summed E-state index contributed by atoms with van der Waals surface area (Å²) < 4.78 is 26.0. The van der Waals surface area contributed by atoms with Crippen LogP contribution in [0.3, 0.4) is 0 Å². The number of rotatable bonds is 8. The third-order valence-electron chi connectivity index (χ3n) is 2.89. The van der Waals surface area contributed by atoms with Crippen molar-refractivity contribution in [1.82, 2.24) is 4.72 Å². The standard InChI is InChI=1S/C10H22N2O4S/c1-8(2)10(3,7-11)12-17(15,16)6-4-5-9(13)14/h8,12H,4-7,11H2,1-3H3,(H,13,14). The lowest BCUT2D eigenvalue weighted by molar-refractivity contribution is -0.137. The number of carboxylic acid groups (broad SMARTS) is 1. The molecule has 0 saturated heterocycles. The first-order chi connectivity index (χ1) is 7.63. The van der Waals surface area contributed by atoms with E-state index in [4.69, 9.17) is 10.8 Å². The molecule has 4 N–H and O–H groups in total. The molecule has 1 atom stereocenters. The van der Waals surface area contributed by atoms with Gasteiger partial charge >= 0.3 is 5.97 Å². The molecule has 0 heterocycles. The van der Waals surface area contributed by atoms with Gasteiger partial charge in [0.2, 0.25) is 10.0 Å². The summed E-state index contributed by atoms with van der Waals surface area (Å²) in [6.07, 6.45) is -0.0503. The molecule has 0 fully saturated rings. The maximum absolute atomic E-state index is 11.7. The van der Waals surface area contributed by atoms with E-state index in [0.717, 1.165) is 0 Å². The van der Waals surface area contributed by atoms with Gasteiger partial charge in [0.05, 0.1) is 5.75 Å². The number of carboxylic acids is 1. The van der Waals surface area contributed by atoms with Crippen LogP contribution in [-0.4, -0.2) is 37.3 Å². The van der Waals surface area contributed by atoms with Crippen molar-refractivity contribution >= 4 is 16.0 Å². The predicted octanol–water partition coefficient (Wildman–Crippen LogP) is 0.144. The molecule has 0 amide bonds. The summed E-state index contributed by atoms with van der Waals surface area (Å²) in [5.74, 6) is -1.13. The Morgan fingerprint density at radius 3 is 2.35 bits per heavy atom. The van der Waals surface area contributed by atoms with Gasteiger partial charge in [-0.05, 0) is 19.3 Å². The number of aliphatic carboxylic acids is 1. The Morgan fingerprint density at radius 1 is 1.47 bits per heavy atom. The van der Waals surface area contributed by atoms with Crippen LogP contribution in [0.2, 0.25) is 0 Å². The molecular weight excluding hydrogens is 244 g/mol. The van der Waals surface area contributed by atoms with Crippen molar-refractivity contribution in [2.45, 2.75) is 39.2 Å². The van der Waals surface area contributed by atoms with Gasteiger partial charge in [0, 0.05) is 18.5 Å². The van der Waals surface area contributed by atoms with Gasteiger partial charge in [0.15, 0.2) is 0 Å². The monoisotopic (exact) mass is 266 g/mol. The van der Waals surface area contributed by atoms with Gasteiger partial charge in [-0.3, -0.25) is 4.79 Å². The lowest BCUT2D eigenvalue weighted by Crippen LogP contribution is -2.55. The summed E-state index contributed by atoms with van der Waals surface area (Å²) in [4.78, 5) is 10.3. The lowest BCUT2D eigenvalue weighted by Gasteiger charge is -2.33. The second kappa shape index (κ2) is 6.32. The molecule has 0 aromatic heterocycles. The molecular formula is C10H22N2O4S. The summed E-state index contributed by atoms with van der Waals surface area (Å²) in [5, 5.41) is 8.44. The largest absolute Gasteiger partial charge is 0.481 e. The summed E-state index contributed by atoms with van der Waals surface area (Å²) in [6, 6.07) is 0. The van der Waals surface area contributed by atoms with E-state index in [9.17, 15) is 13.2 Å². The SMILES string of the molecule is CC(C)C(C)(CN)NS(=O)(=O)CCCC(=O)O. The minimum absolute atomic E-state index is 0.0572. The number of nitrogens with two attached hydrogens (primary N) is 1. The van der Waals surface area contributed by atoms with Gasteiger partial charge in [0.25, 0.3) is 0 Å². The fourth-order valence-electron chi connectivity index (χ4n) is 1.21. The highest BCUT2D eigenvalue weighted by Gasteiger charge is 2.31. The number of sulfonamides is 1. The van der Waals surface area contributed by atoms with Crippen molar-refractivity contribution in [2.24, 2.45) is 11.7 Å². The van der Waals surface area contributed by atoms with Gasteiger partial charge in [-0.2, -0.15) is 0 Å². The number of hydrogen-bond donors (Lipinski definition) is 3. The second-order valence-electron chi connectivity index (χ2n) is 4.69. The van der Waals surface area contributed by atoms with E-state index in [1.165, 1.54) is 0 Å². The summed E-state index contributed by atoms with van der Waals surface area (Å²) in [6.45, 7) is 5.70. The smallest absolute Gasteiger partial charge is 0.303 e. The number of hydrogen-bond acceptors (Lipinski definition) is 4. The van der Waals surface area contributed by atoms with Crippen molar-refractivity contribution in [3.63, 3.8) is 0 Å². The zero-order chi connectivity index (χ0) is 13.7. The minimum Gasteiger partial charge on any atom is -0.481 e. The first-order valence-corrected chi connectivity index (χ1v) is 7.21. The minimum atomic E-state index is -3.49. The van der Waals surface area contributed by atoms with Crippen molar-refractivity contribution in [1.29, 1.82) is 0 Å². The highest BCUT2D eigenvalue weighted by atomic mass is 32.2. The Morgan fingerprint density at radius 2 is 2.00 bits per heavy atom. The topological polar surface area (TPSA) is 109 Å². The van der Waals surface area contributed by atoms with Crippen LogP contribution < -0.4 is 10.5 Å². The van der Waals surface area contributed by atoms with Gasteiger partial charge in [-0.25, -0.2) is 13.1 Å². The fraction of sp³-hybridized carbons (Fsp3) is 0.900. The second-order valence-corrected chi connectivity index (χ2v) is 6.54. The Balaban J connectivity index is 4.48. The molecule has 0 saturated carbocycles. The normalized spacial score (nSPS) is 15.8.